The maximum atomic E-state index is 13.7. The average molecular weight is 569 g/mol. The quantitative estimate of drug-likeness (QED) is 0.211. The van der Waals surface area contributed by atoms with Gasteiger partial charge < -0.3 is 14.2 Å². The van der Waals surface area contributed by atoms with Crippen molar-refractivity contribution < 1.29 is 33.4 Å². The normalized spacial score (nSPS) is 43.7. The monoisotopic (exact) mass is 568 g/mol. The molecule has 4 fully saturated rings. The van der Waals surface area contributed by atoms with Crippen LogP contribution in [-0.4, -0.2) is 42.0 Å². The maximum absolute atomic E-state index is 13.7. The second-order valence-electron chi connectivity index (χ2n) is 14.7. The summed E-state index contributed by atoms with van der Waals surface area (Å²) in [5, 5.41) is 0. The smallest absolute Gasteiger partial charge is 0.330 e. The number of fused-ring (bicyclic) bond motifs is 2. The highest BCUT2D eigenvalue weighted by molar-refractivity contribution is 5.99. The molecule has 11 atom stereocenters. The van der Waals surface area contributed by atoms with Gasteiger partial charge in [-0.2, -0.15) is 0 Å². The molecule has 0 amide bonds. The molecule has 4 saturated carbocycles. The van der Waals surface area contributed by atoms with Gasteiger partial charge in [-0.15, -0.1) is 0 Å². The van der Waals surface area contributed by atoms with Gasteiger partial charge in [0.1, 0.15) is 12.2 Å². The number of hydrogen-bond acceptors (Lipinski definition) is 7. The fourth-order valence-electron chi connectivity index (χ4n) is 10.8. The van der Waals surface area contributed by atoms with Crippen LogP contribution < -0.4 is 0 Å². The number of cyclic esters (lactones) is 1. The van der Waals surface area contributed by atoms with E-state index in [-0.39, 0.29) is 63.2 Å². The summed E-state index contributed by atoms with van der Waals surface area (Å²) >= 11 is 0. The molecule has 0 aromatic heterocycles. The number of ether oxygens (including phenoxy) is 3. The van der Waals surface area contributed by atoms with E-state index in [2.05, 4.69) is 26.5 Å². The highest BCUT2D eigenvalue weighted by Gasteiger charge is 2.81. The molecular formula is C34H48O7. The van der Waals surface area contributed by atoms with Crippen molar-refractivity contribution in [2.45, 2.75) is 112 Å². The first-order valence-corrected chi connectivity index (χ1v) is 15.5. The van der Waals surface area contributed by atoms with E-state index in [0.717, 1.165) is 32.1 Å². The summed E-state index contributed by atoms with van der Waals surface area (Å²) in [6.07, 6.45) is 8.01. The van der Waals surface area contributed by atoms with Crippen LogP contribution in [-0.2, 0) is 33.4 Å². The molecule has 0 bridgehead atoms. The largest absolute Gasteiger partial charge is 0.462 e. The number of esters is 3. The third kappa shape index (κ3) is 4.18. The van der Waals surface area contributed by atoms with E-state index in [1.807, 2.05) is 27.7 Å². The first kappa shape index (κ1) is 30.0. The Morgan fingerprint density at radius 3 is 2.34 bits per heavy atom. The van der Waals surface area contributed by atoms with E-state index < -0.39 is 18.2 Å². The Kier molecular flexibility index (Phi) is 7.18. The number of ketones is 1. The fourth-order valence-corrected chi connectivity index (χ4v) is 10.8. The van der Waals surface area contributed by atoms with Crippen molar-refractivity contribution in [3.63, 3.8) is 0 Å². The Morgan fingerprint density at radius 2 is 1.73 bits per heavy atom. The molecule has 0 aromatic carbocycles. The molecule has 0 unspecified atom stereocenters. The van der Waals surface area contributed by atoms with Crippen molar-refractivity contribution in [3.05, 3.63) is 24.3 Å². The molecular weight excluding hydrogens is 520 g/mol. The van der Waals surface area contributed by atoms with Gasteiger partial charge in [0, 0.05) is 43.1 Å². The van der Waals surface area contributed by atoms with Gasteiger partial charge in [0.2, 0.25) is 0 Å². The lowest BCUT2D eigenvalue weighted by atomic mass is 9.44. The lowest BCUT2D eigenvalue weighted by molar-refractivity contribution is -0.167. The third-order valence-corrected chi connectivity index (χ3v) is 12.7. The van der Waals surface area contributed by atoms with Crippen molar-refractivity contribution in [1.82, 2.24) is 0 Å². The van der Waals surface area contributed by atoms with Gasteiger partial charge in [-0.3, -0.25) is 14.4 Å². The van der Waals surface area contributed by atoms with Crippen LogP contribution in [0.15, 0.2) is 24.3 Å². The molecule has 0 N–H and O–H groups in total. The number of allylic oxidation sites excluding steroid dienone is 1. The minimum Gasteiger partial charge on any atom is -0.462 e. The summed E-state index contributed by atoms with van der Waals surface area (Å²) in [6.45, 7) is 19.3. The lowest BCUT2D eigenvalue weighted by Crippen LogP contribution is -2.56. The number of rotatable bonds is 7. The number of carbonyl (C=O) groups is 4. The van der Waals surface area contributed by atoms with Crippen molar-refractivity contribution in [2.75, 3.05) is 0 Å². The SMILES string of the molecule is C=C(C(=O)[C@H](OC(C)=O)[C@@H](C)[C@H]1[C@@H](OC(C)=O)C[C@@]2(C)[C@@H]3CC[C@H]4[C@H](C)OC(=O)C=C[C@@]45C[C@@]35CC[C@]12C)C(C)C. The summed E-state index contributed by atoms with van der Waals surface area (Å²) in [7, 11) is 0. The van der Waals surface area contributed by atoms with E-state index in [1.54, 1.807) is 6.08 Å². The minimum absolute atomic E-state index is 0.0439. The molecule has 41 heavy (non-hydrogen) atoms. The third-order valence-electron chi connectivity index (χ3n) is 12.7. The summed E-state index contributed by atoms with van der Waals surface area (Å²) in [6, 6.07) is 0. The Labute approximate surface area is 244 Å². The van der Waals surface area contributed by atoms with Crippen LogP contribution in [0.5, 0.6) is 0 Å². The number of Topliss-reactive ketones (excluding diaryl/α,β-unsaturated/α-hetero) is 1. The zero-order valence-electron chi connectivity index (χ0n) is 26.1. The number of carbonyl (C=O) groups excluding carboxylic acids is 4. The fraction of sp³-hybridized carbons (Fsp3) is 0.765. The summed E-state index contributed by atoms with van der Waals surface area (Å²) < 4.78 is 17.6. The molecule has 4 aliphatic carbocycles. The van der Waals surface area contributed by atoms with Crippen LogP contribution in [0.2, 0.25) is 0 Å². The highest BCUT2D eigenvalue weighted by Crippen LogP contribution is 2.86. The van der Waals surface area contributed by atoms with Crippen LogP contribution >= 0.6 is 0 Å². The molecule has 2 spiro atoms. The van der Waals surface area contributed by atoms with Crippen LogP contribution in [0.3, 0.4) is 0 Å². The van der Waals surface area contributed by atoms with Gasteiger partial charge in [-0.25, -0.2) is 4.79 Å². The molecule has 1 heterocycles. The Hall–Kier alpha value is -2.44. The Morgan fingerprint density at radius 1 is 1.05 bits per heavy atom. The summed E-state index contributed by atoms with van der Waals surface area (Å²) in [5.41, 5.74) is 0.0380. The van der Waals surface area contributed by atoms with Gasteiger partial charge in [0.25, 0.3) is 0 Å². The van der Waals surface area contributed by atoms with Crippen LogP contribution in [0.4, 0.5) is 0 Å². The topological polar surface area (TPSA) is 96.0 Å². The van der Waals surface area contributed by atoms with E-state index in [9.17, 15) is 19.2 Å². The lowest BCUT2D eigenvalue weighted by Gasteiger charge is -2.60. The van der Waals surface area contributed by atoms with Crippen LogP contribution in [0.1, 0.15) is 93.9 Å². The van der Waals surface area contributed by atoms with Gasteiger partial charge in [-0.05, 0) is 79.1 Å². The molecule has 5 aliphatic rings. The Bertz CT molecular complexity index is 1200. The molecule has 226 valence electrons. The van der Waals surface area contributed by atoms with Crippen molar-refractivity contribution in [2.24, 2.45) is 51.2 Å². The van der Waals surface area contributed by atoms with Crippen LogP contribution in [0, 0.1) is 51.2 Å². The molecule has 0 radical (unpaired) electrons. The summed E-state index contributed by atoms with van der Waals surface area (Å²) in [4.78, 5) is 50.8. The molecule has 1 aliphatic heterocycles. The van der Waals surface area contributed by atoms with Crippen molar-refractivity contribution in [3.8, 4) is 0 Å². The van der Waals surface area contributed by atoms with Gasteiger partial charge in [-0.1, -0.05) is 47.3 Å². The van der Waals surface area contributed by atoms with Crippen molar-refractivity contribution in [1.29, 1.82) is 0 Å². The van der Waals surface area contributed by atoms with Gasteiger partial charge in [0.05, 0.1) is 0 Å². The zero-order valence-corrected chi connectivity index (χ0v) is 26.1. The predicted octanol–water partition coefficient (Wildman–Crippen LogP) is 6.00. The average Bonchev–Trinajstić information content (AvgIpc) is 3.52. The van der Waals surface area contributed by atoms with E-state index in [1.165, 1.54) is 13.8 Å². The van der Waals surface area contributed by atoms with E-state index in [0.29, 0.717) is 23.8 Å². The highest BCUT2D eigenvalue weighted by atomic mass is 16.6. The zero-order chi connectivity index (χ0) is 30.3. The summed E-state index contributed by atoms with van der Waals surface area (Å²) in [5.74, 6) is -1.29. The van der Waals surface area contributed by atoms with Crippen LogP contribution in [0.25, 0.3) is 0 Å². The molecule has 7 heteroatoms. The second-order valence-corrected chi connectivity index (χ2v) is 14.7. The van der Waals surface area contributed by atoms with Gasteiger partial charge >= 0.3 is 17.9 Å². The second kappa shape index (κ2) is 9.80. The maximum Gasteiger partial charge on any atom is 0.330 e. The standard InChI is InChI=1S/C34H48O7/c1-18(2)19(3)29(38)30(41-23(7)36)20(4)28-25(40-22(6)35)16-32(9)26-11-10-24-21(5)39-27(37)12-13-33(24)17-34(26,33)15-14-31(28,32)8/h12-13,18,20-21,24-26,28,30H,3,10-11,14-17H2,1-2,4-9H3/t20-,21-,24-,25-,26-,28-,30+,31+,32-,33+,34-/m0/s1. The first-order valence-electron chi connectivity index (χ1n) is 15.5. The molecule has 0 aromatic rings. The predicted molar refractivity (Wildman–Crippen MR) is 153 cm³/mol. The Balaban J connectivity index is 1.55. The van der Waals surface area contributed by atoms with Crippen molar-refractivity contribution >= 4 is 23.7 Å². The molecule has 0 saturated heterocycles. The molecule has 5 rings (SSSR count). The molecule has 7 nitrogen and oxygen atoms in total. The van der Waals surface area contributed by atoms with E-state index in [4.69, 9.17) is 14.2 Å². The van der Waals surface area contributed by atoms with E-state index >= 15 is 0 Å². The first-order chi connectivity index (χ1) is 19.0. The number of hydrogen-bond donors (Lipinski definition) is 0. The van der Waals surface area contributed by atoms with Gasteiger partial charge in [0.15, 0.2) is 11.9 Å². The minimum atomic E-state index is -0.989.